The molecule has 0 saturated carbocycles. The second kappa shape index (κ2) is 12.0. The number of aromatic amines is 1. The van der Waals surface area contributed by atoms with Gasteiger partial charge in [0.25, 0.3) is 15.1 Å². The minimum Gasteiger partial charge on any atom is -0.432 e. The second-order valence-corrected chi connectivity index (χ2v) is 9.91. The van der Waals surface area contributed by atoms with E-state index in [1.54, 1.807) is 24.3 Å². The van der Waals surface area contributed by atoms with Crippen LogP contribution in [0.5, 0.6) is 0 Å². The van der Waals surface area contributed by atoms with Crippen LogP contribution in [0.2, 0.25) is 0 Å². The van der Waals surface area contributed by atoms with Gasteiger partial charge in [-0.05, 0) is 31.2 Å². The monoisotopic (exact) mass is 587 g/mol. The molecule has 3 rings (SSSR count). The van der Waals surface area contributed by atoms with Gasteiger partial charge in [0.05, 0.1) is 4.90 Å². The number of amides is 1. The summed E-state index contributed by atoms with van der Waals surface area (Å²) in [6, 6.07) is 12.2. The number of aryl methyl sites for hydroxylation is 1. The lowest BCUT2D eigenvalue weighted by atomic mass is 10.1. The molecule has 17 heteroatoms. The van der Waals surface area contributed by atoms with Crippen LogP contribution in [0.4, 0.5) is 18.0 Å². The molecular formula is C23H22F3N4O9S+. The van der Waals surface area contributed by atoms with E-state index >= 15 is 0 Å². The molecule has 3 aromatic rings. The Labute approximate surface area is 224 Å². The molecule has 0 spiro atoms. The summed E-state index contributed by atoms with van der Waals surface area (Å²) in [5.41, 5.74) is 0.634. The number of H-pyrrole nitrogens is 1. The number of alkyl halides is 3. The first-order valence-electron chi connectivity index (χ1n) is 11.2. The lowest BCUT2D eigenvalue weighted by Gasteiger charge is -2.20. The van der Waals surface area contributed by atoms with E-state index in [4.69, 9.17) is 0 Å². The molecule has 0 saturated heterocycles. The summed E-state index contributed by atoms with van der Waals surface area (Å²) in [4.78, 5) is 37.2. The van der Waals surface area contributed by atoms with Crippen LogP contribution in [0, 0.1) is 17.0 Å². The maximum Gasteiger partial charge on any atom is 0.510 e. The number of rotatable bonds is 10. The molecular weight excluding hydrogens is 565 g/mol. The summed E-state index contributed by atoms with van der Waals surface area (Å²) in [6.07, 6.45) is -6.10. The highest BCUT2D eigenvalue weighted by Crippen LogP contribution is 2.30. The predicted molar refractivity (Wildman–Crippen MR) is 127 cm³/mol. The summed E-state index contributed by atoms with van der Waals surface area (Å²) in [7, 11) is -4.58. The Morgan fingerprint density at radius 1 is 1.05 bits per heavy atom. The minimum atomic E-state index is -4.68. The van der Waals surface area contributed by atoms with Crippen molar-refractivity contribution in [3.63, 3.8) is 0 Å². The Bertz CT molecular complexity index is 1490. The number of hydrogen-bond acceptors (Lipinski definition) is 9. The van der Waals surface area contributed by atoms with Gasteiger partial charge in [0.15, 0.2) is 12.4 Å². The second-order valence-electron chi connectivity index (χ2n) is 8.05. The van der Waals surface area contributed by atoms with E-state index in [9.17, 15) is 41.3 Å². The zero-order valence-corrected chi connectivity index (χ0v) is 21.7. The molecule has 1 amide bonds. The third-order valence-electron chi connectivity index (χ3n) is 5.24. The van der Waals surface area contributed by atoms with Gasteiger partial charge in [-0.25, -0.2) is 13.2 Å². The summed E-state index contributed by atoms with van der Waals surface area (Å²) < 4.78 is 76.9. The maximum atomic E-state index is 13.5. The number of hydrogen-bond donors (Lipinski definition) is 1. The van der Waals surface area contributed by atoms with Crippen molar-refractivity contribution in [2.75, 3.05) is 19.9 Å². The highest BCUT2D eigenvalue weighted by atomic mass is 32.2. The van der Waals surface area contributed by atoms with Crippen molar-refractivity contribution in [1.29, 1.82) is 0 Å². The SMILES string of the molecule is CC(=O)N(COC(=O)OCCO[N+](=O)[O-])S(=O)(=O)c1ccc(-[n+]2[nH]c(C(F)(F)F)cc2-c2ccc(C)cc2)cc1. The molecule has 1 N–H and O–H groups in total. The van der Waals surface area contributed by atoms with Crippen LogP contribution in [0.1, 0.15) is 18.2 Å². The minimum absolute atomic E-state index is 0.149. The average Bonchev–Trinajstić information content (AvgIpc) is 3.33. The van der Waals surface area contributed by atoms with E-state index in [2.05, 4.69) is 19.4 Å². The predicted octanol–water partition coefficient (Wildman–Crippen LogP) is 3.14. The lowest BCUT2D eigenvalue weighted by molar-refractivity contribution is -0.757. The lowest BCUT2D eigenvalue weighted by Crippen LogP contribution is -2.38. The molecule has 0 radical (unpaired) electrons. The third-order valence-corrected chi connectivity index (χ3v) is 7.05. The normalized spacial score (nSPS) is 11.5. The van der Waals surface area contributed by atoms with E-state index in [0.717, 1.165) is 35.4 Å². The zero-order chi connectivity index (χ0) is 29.7. The Morgan fingerprint density at radius 2 is 1.68 bits per heavy atom. The Kier molecular flexibility index (Phi) is 8.98. The van der Waals surface area contributed by atoms with Gasteiger partial charge >= 0.3 is 12.3 Å². The Morgan fingerprint density at radius 3 is 2.23 bits per heavy atom. The highest BCUT2D eigenvalue weighted by Gasteiger charge is 2.38. The molecule has 40 heavy (non-hydrogen) atoms. The number of sulfonamides is 1. The Balaban J connectivity index is 1.84. The number of nitrogens with zero attached hydrogens (tertiary/aromatic N) is 3. The largest absolute Gasteiger partial charge is 0.510 e. The standard InChI is InChI=1S/C23H21F3N4O9S/c1-15-3-5-17(6-4-15)20-13-21(23(24,25)26)27-29(20)18-7-9-19(10-8-18)40(35,36)28(16(2)31)14-38-22(32)37-11-12-39-30(33)34/h3-10,13H,11-12,14H2,1-2H3/p+1. The first kappa shape index (κ1) is 29.9. The number of carbonyl (C=O) groups is 2. The van der Waals surface area contributed by atoms with Gasteiger partial charge < -0.3 is 14.3 Å². The number of benzene rings is 2. The number of aromatic nitrogens is 2. The zero-order valence-electron chi connectivity index (χ0n) is 20.9. The van der Waals surface area contributed by atoms with E-state index in [-0.39, 0.29) is 15.7 Å². The molecule has 0 aliphatic rings. The molecule has 2 aromatic carbocycles. The van der Waals surface area contributed by atoms with Crippen molar-refractivity contribution >= 4 is 22.1 Å². The van der Waals surface area contributed by atoms with Crippen molar-refractivity contribution in [1.82, 2.24) is 9.40 Å². The van der Waals surface area contributed by atoms with Crippen LogP contribution >= 0.6 is 0 Å². The van der Waals surface area contributed by atoms with Crippen molar-refractivity contribution in [3.8, 4) is 16.9 Å². The van der Waals surface area contributed by atoms with Crippen LogP contribution in [0.25, 0.3) is 16.9 Å². The van der Waals surface area contributed by atoms with E-state index < -0.39 is 63.9 Å². The third kappa shape index (κ3) is 7.25. The van der Waals surface area contributed by atoms with Gasteiger partial charge in [0, 0.05) is 30.7 Å². The average molecular weight is 588 g/mol. The van der Waals surface area contributed by atoms with Crippen LogP contribution in [-0.2, 0) is 35.3 Å². The number of halogens is 3. The summed E-state index contributed by atoms with van der Waals surface area (Å²) in [5, 5.41) is 11.2. The highest BCUT2D eigenvalue weighted by molar-refractivity contribution is 7.89. The summed E-state index contributed by atoms with van der Waals surface area (Å²) in [6.45, 7) is 0.463. The first-order valence-corrected chi connectivity index (χ1v) is 12.6. The van der Waals surface area contributed by atoms with Crippen molar-refractivity contribution in [2.24, 2.45) is 0 Å². The van der Waals surface area contributed by atoms with Gasteiger partial charge in [-0.3, -0.25) is 4.79 Å². The van der Waals surface area contributed by atoms with Gasteiger partial charge in [-0.15, -0.1) is 10.1 Å². The molecule has 1 heterocycles. The summed E-state index contributed by atoms with van der Waals surface area (Å²) >= 11 is 0. The number of nitrogens with one attached hydrogen (secondary N) is 1. The van der Waals surface area contributed by atoms with Gasteiger partial charge in [-0.2, -0.15) is 22.6 Å². The molecule has 13 nitrogen and oxygen atoms in total. The maximum absolute atomic E-state index is 13.5. The molecule has 1 aromatic heterocycles. The fourth-order valence-corrected chi connectivity index (χ4v) is 4.58. The van der Waals surface area contributed by atoms with Crippen molar-refractivity contribution in [3.05, 3.63) is 76.0 Å². The van der Waals surface area contributed by atoms with Crippen LogP contribution < -0.4 is 4.68 Å². The van der Waals surface area contributed by atoms with Crippen molar-refractivity contribution < 1.29 is 55.3 Å². The molecule has 0 fully saturated rings. The number of ether oxygens (including phenoxy) is 2. The van der Waals surface area contributed by atoms with E-state index in [0.29, 0.717) is 5.56 Å². The number of carbonyl (C=O) groups excluding carboxylic acids is 2. The van der Waals surface area contributed by atoms with Gasteiger partial charge in [-0.1, -0.05) is 22.4 Å². The fraction of sp³-hybridized carbons (Fsp3) is 0.261. The van der Waals surface area contributed by atoms with Crippen LogP contribution in [-0.4, -0.2) is 54.9 Å². The topological polar surface area (TPSA) is 162 Å². The van der Waals surface area contributed by atoms with Crippen LogP contribution in [0.15, 0.2) is 59.5 Å². The summed E-state index contributed by atoms with van der Waals surface area (Å²) in [5.74, 6) is -1.02. The molecule has 0 bridgehead atoms. The van der Waals surface area contributed by atoms with Gasteiger partial charge in [0.2, 0.25) is 17.3 Å². The first-order chi connectivity index (χ1) is 18.7. The molecule has 0 aliphatic carbocycles. The van der Waals surface area contributed by atoms with Crippen LogP contribution in [0.3, 0.4) is 0 Å². The quantitative estimate of drug-likeness (QED) is 0.0938. The van der Waals surface area contributed by atoms with E-state index in [1.807, 2.05) is 6.92 Å². The molecule has 0 unspecified atom stereocenters. The van der Waals surface area contributed by atoms with Crippen molar-refractivity contribution in [2.45, 2.75) is 24.9 Å². The smallest absolute Gasteiger partial charge is 0.432 e. The van der Waals surface area contributed by atoms with E-state index in [1.165, 1.54) is 12.1 Å². The molecule has 0 atom stereocenters. The molecule has 0 aliphatic heterocycles. The van der Waals surface area contributed by atoms with Gasteiger partial charge in [0.1, 0.15) is 13.2 Å². The fourth-order valence-electron chi connectivity index (χ4n) is 3.31. The molecule has 214 valence electrons. The Hall–Kier alpha value is -4.67.